The molecule has 5 N–H and O–H groups in total. The number of hydrogen-bond donors (Lipinski definition) is 5. The lowest BCUT2D eigenvalue weighted by Crippen LogP contribution is -2.43. The second-order valence-corrected chi connectivity index (χ2v) is 30.7. The Morgan fingerprint density at radius 1 is 0.425 bits per heavy atom. The van der Waals surface area contributed by atoms with Crippen molar-refractivity contribution in [3.63, 3.8) is 0 Å². The standard InChI is InChI=1S/C13H18N4O3.C12H15IN4O3.C11H13IN4O4.C11H14INO4.C11H14N4O5.C11H13NO4/c1-4-13(15-16-14)9(3)8(2)12(20-13)17-6-5-10(18)7-11(17)19;1-7-8(2)12(6-13,15-16-14)20-11(7)17-4-3-9(18)5-10(17)19;1-6-9(19)11(5-12,14-15-13)20-10(6)16-3-2-7(17)4-8(16)18;1-6-10(16)8(5-12)17-11(6)13-3-2-7(14)4-9(13)15;1-6-9(19)11(5-16,13-14-12)20-10(6)15-3-2-7(17)4-8(15)18;1-6-10(15)7(2)16-11(6)12-4-3-8(13)5-9(12)14/h5-6,8-9,12H,4,7H2,1-3H3;3-4,7-8,11H,5-6H2,1-2H3;2-3,6,9-10,19H,4-5H2,1H3;2-3,6,8,10-11,16H,4-5H2,1H3;2-3,6,9-10,16,19H,4-5H2,1H3;3-4,6,10-11,15H,2,5H2,1H3/t8-,9-,12+,13+;7-,8-,11+,12+;6-,9-,10+,11+;6-,8+,10-,11+;6-,9-,10+,11+;6-,10-,11+/m000000/s1. The van der Waals surface area contributed by atoms with E-state index in [1.165, 1.54) is 103 Å². The third kappa shape index (κ3) is 20.0. The summed E-state index contributed by atoms with van der Waals surface area (Å²) >= 11 is 6.21. The summed E-state index contributed by atoms with van der Waals surface area (Å²) in [5, 5.41) is 63.8. The molecule has 41 nitrogen and oxygen atoms in total. The molecule has 0 aliphatic carbocycles. The smallest absolute Gasteiger partial charge is 0.237 e. The number of aliphatic hydroxyl groups excluding tert-OH is 5. The molecule has 0 saturated carbocycles. The van der Waals surface area contributed by atoms with Crippen LogP contribution >= 0.6 is 67.8 Å². The summed E-state index contributed by atoms with van der Waals surface area (Å²) in [5.41, 5.74) is 29.6. The molecule has 12 aliphatic rings. The molecule has 12 rings (SSSR count). The van der Waals surface area contributed by atoms with E-state index in [9.17, 15) is 83.1 Å². The number of allylic oxidation sites excluding steroid dienone is 6. The number of nitrogens with zero attached hydrogens (tertiary/aromatic N) is 18. The molecule has 6 fully saturated rings. The summed E-state index contributed by atoms with van der Waals surface area (Å²) in [5.74, 6) is -4.69. The number of ketones is 6. The van der Waals surface area contributed by atoms with Crippen molar-refractivity contribution in [3.8, 4) is 0 Å². The van der Waals surface area contributed by atoms with Crippen LogP contribution < -0.4 is 0 Å². The van der Waals surface area contributed by atoms with Crippen LogP contribution in [0.3, 0.4) is 0 Å². The maximum atomic E-state index is 12.0. The molecule has 23 atom stereocenters. The number of ether oxygens (including phenoxy) is 6. The minimum atomic E-state index is -1.82. The van der Waals surface area contributed by atoms with Gasteiger partial charge in [-0.1, -0.05) is 157 Å². The number of amides is 6. The van der Waals surface area contributed by atoms with Gasteiger partial charge in [0.05, 0.1) is 69.5 Å². The van der Waals surface area contributed by atoms with Crippen molar-refractivity contribution in [2.24, 2.45) is 67.8 Å². The first-order chi connectivity index (χ1) is 53.3. The molecular formula is C69H87I3N18O23. The van der Waals surface area contributed by atoms with E-state index in [1.807, 2.05) is 64.1 Å². The highest BCUT2D eigenvalue weighted by atomic mass is 127. The van der Waals surface area contributed by atoms with E-state index in [4.69, 9.17) is 50.5 Å². The first-order valence-electron chi connectivity index (χ1n) is 35.5. The van der Waals surface area contributed by atoms with Crippen molar-refractivity contribution in [1.82, 2.24) is 29.4 Å². The number of hydrogen-bond acceptors (Lipinski definition) is 27. The van der Waals surface area contributed by atoms with Crippen molar-refractivity contribution in [2.75, 3.05) is 19.9 Å². The topological polar surface area (TPSA) is 576 Å². The number of rotatable bonds is 15. The Morgan fingerprint density at radius 2 is 0.708 bits per heavy atom. The van der Waals surface area contributed by atoms with Gasteiger partial charge >= 0.3 is 0 Å². The Balaban J connectivity index is 0.000000188. The summed E-state index contributed by atoms with van der Waals surface area (Å²) in [6.45, 7) is 19.5. The molecule has 6 saturated heterocycles. The maximum Gasteiger partial charge on any atom is 0.237 e. The van der Waals surface area contributed by atoms with Crippen molar-refractivity contribution >= 4 is 138 Å². The quantitative estimate of drug-likeness (QED) is 0.0309. The van der Waals surface area contributed by atoms with Gasteiger partial charge in [-0.2, -0.15) is 0 Å². The number of alkyl halides is 3. The first-order valence-corrected chi connectivity index (χ1v) is 40.0. The summed E-state index contributed by atoms with van der Waals surface area (Å²) in [6, 6.07) is 0. The molecule has 0 aromatic heterocycles. The molecule has 0 spiro atoms. The highest BCUT2D eigenvalue weighted by molar-refractivity contribution is 14.1. The zero-order chi connectivity index (χ0) is 84.1. The Morgan fingerprint density at radius 3 is 1.01 bits per heavy atom. The molecule has 0 aromatic carbocycles. The minimum absolute atomic E-state index is 0.00209. The zero-order valence-corrected chi connectivity index (χ0v) is 69.1. The second kappa shape index (κ2) is 39.5. The van der Waals surface area contributed by atoms with Gasteiger partial charge in [0, 0.05) is 106 Å². The van der Waals surface area contributed by atoms with Gasteiger partial charge in [0.2, 0.25) is 35.4 Å². The maximum absolute atomic E-state index is 12.0. The Bertz CT molecular complexity index is 3780. The fourth-order valence-electron chi connectivity index (χ4n) is 14.0. The van der Waals surface area contributed by atoms with Gasteiger partial charge in [-0.05, 0) is 76.8 Å². The molecule has 0 aromatic rings. The largest absolute Gasteiger partial charge is 0.472 e. The summed E-state index contributed by atoms with van der Waals surface area (Å²) in [7, 11) is 0. The Kier molecular flexibility index (Phi) is 32.1. The predicted octanol–water partition coefficient (Wildman–Crippen LogP) is 6.10. The molecule has 612 valence electrons. The fourth-order valence-corrected chi connectivity index (χ4v) is 16.6. The van der Waals surface area contributed by atoms with Crippen molar-refractivity contribution in [2.45, 2.75) is 198 Å². The van der Waals surface area contributed by atoms with Gasteiger partial charge in [0.25, 0.3) is 0 Å². The summed E-state index contributed by atoms with van der Waals surface area (Å²) in [4.78, 5) is 157. The third-order valence-electron chi connectivity index (χ3n) is 21.2. The number of carbonyl (C=O) groups is 12. The van der Waals surface area contributed by atoms with Crippen molar-refractivity contribution in [3.05, 3.63) is 128 Å². The van der Waals surface area contributed by atoms with E-state index in [0.717, 1.165) is 0 Å². The fraction of sp³-hybridized carbons (Fsp3) is 0.623. The average molecular weight is 1920 g/mol. The minimum Gasteiger partial charge on any atom is -0.472 e. The molecule has 113 heavy (non-hydrogen) atoms. The normalized spacial score (nSPS) is 36.9. The monoisotopic (exact) mass is 1920 g/mol. The van der Waals surface area contributed by atoms with E-state index in [-0.39, 0.29) is 149 Å². The Hall–Kier alpha value is -8.15. The summed E-state index contributed by atoms with van der Waals surface area (Å²) in [6.07, 6.45) is 8.22. The van der Waals surface area contributed by atoms with Gasteiger partial charge < -0.3 is 54.0 Å². The molecule has 12 heterocycles. The lowest BCUT2D eigenvalue weighted by atomic mass is 9.87. The van der Waals surface area contributed by atoms with Crippen LogP contribution in [-0.4, -0.2) is 236 Å². The summed E-state index contributed by atoms with van der Waals surface area (Å²) < 4.78 is 35.4. The zero-order valence-electron chi connectivity index (χ0n) is 62.7. The average Bonchev–Trinajstić information content (AvgIpc) is 1.62. The van der Waals surface area contributed by atoms with Crippen LogP contribution in [-0.2, 0) is 86.0 Å². The molecule has 0 bridgehead atoms. The second-order valence-electron chi connectivity index (χ2n) is 28.3. The number of azide groups is 4. The van der Waals surface area contributed by atoms with Crippen LogP contribution in [0.2, 0.25) is 0 Å². The third-order valence-corrected chi connectivity index (χ3v) is 24.3. The number of halogens is 3. The number of carbonyl (C=O) groups excluding carboxylic acids is 12. The predicted molar refractivity (Wildman–Crippen MR) is 415 cm³/mol. The Labute approximate surface area is 687 Å². The highest BCUT2D eigenvalue weighted by Crippen LogP contribution is 2.48. The van der Waals surface area contributed by atoms with Crippen LogP contribution in [0.4, 0.5) is 0 Å². The molecule has 12 aliphatic heterocycles. The van der Waals surface area contributed by atoms with Gasteiger partial charge in [-0.3, -0.25) is 86.9 Å². The van der Waals surface area contributed by atoms with E-state index in [0.29, 0.717) is 15.3 Å². The lowest BCUT2D eigenvalue weighted by molar-refractivity contribution is -0.158. The SMILES string of the molecule is C=C1O[C@@H](N2C=CC(=O)CC2=O)[C@@H](C)[C@@H]1O.CC[C@@]1(N=[N+]=[N-])O[C@@H](N2C=CC(=O)CC2=O)[C@@H](C)[C@@H]1C.C[C@@H]1[C@H](N2C=CC(=O)CC2=O)O[C@@](CI)(N=[N+]=[N-])[C@H]1C.C[C@@H]1[C@H](N2C=CC(=O)CC2=O)O[C@@](CI)(N=[N+]=[N-])[C@H]1O.C[C@@H]1[C@H](N2C=CC(=O)CC2=O)O[C@@](CO)(N=[N+]=[N-])[C@H]1O.C[C@H]1[C@H](O)[C@@H](CI)O[C@H]1N1C=CC(=O)CC1=O. The van der Waals surface area contributed by atoms with E-state index in [2.05, 4.69) is 91.9 Å². The first kappa shape index (κ1) is 92.0. The van der Waals surface area contributed by atoms with E-state index < -0.39 is 115 Å². The van der Waals surface area contributed by atoms with E-state index in [1.54, 1.807) is 20.8 Å². The van der Waals surface area contributed by atoms with Crippen LogP contribution in [0.5, 0.6) is 0 Å². The molecular weight excluding hydrogens is 1830 g/mol. The van der Waals surface area contributed by atoms with Crippen LogP contribution in [0.25, 0.3) is 41.8 Å². The number of aliphatic hydroxyl groups is 5. The lowest BCUT2D eigenvalue weighted by Gasteiger charge is -2.31. The van der Waals surface area contributed by atoms with Crippen LogP contribution in [0, 0.1) is 47.3 Å². The van der Waals surface area contributed by atoms with Crippen LogP contribution in [0.1, 0.15) is 107 Å². The highest BCUT2D eigenvalue weighted by Gasteiger charge is 2.58. The van der Waals surface area contributed by atoms with Crippen molar-refractivity contribution in [1.29, 1.82) is 0 Å². The van der Waals surface area contributed by atoms with Gasteiger partial charge in [0.15, 0.2) is 63.8 Å². The van der Waals surface area contributed by atoms with Gasteiger partial charge in [-0.25, -0.2) is 0 Å². The van der Waals surface area contributed by atoms with Gasteiger partial charge in [0.1, 0.15) is 43.0 Å². The molecule has 44 heteroatoms. The van der Waals surface area contributed by atoms with E-state index >= 15 is 0 Å². The van der Waals surface area contributed by atoms with Gasteiger partial charge in [-0.15, -0.1) is 0 Å². The molecule has 0 unspecified atom stereocenters. The van der Waals surface area contributed by atoms with Crippen molar-refractivity contribution < 1.29 is 111 Å². The molecule has 0 radical (unpaired) electrons. The van der Waals surface area contributed by atoms with Crippen LogP contribution in [0.15, 0.2) is 106 Å². The molecule has 6 amide bonds.